The summed E-state index contributed by atoms with van der Waals surface area (Å²) in [4.78, 5) is 13.5. The van der Waals surface area contributed by atoms with Crippen LogP contribution in [0.5, 0.6) is 0 Å². The molecule has 1 heterocycles. The number of methoxy groups -OCH3 is 1. The number of rotatable bonds is 6. The van der Waals surface area contributed by atoms with E-state index in [0.29, 0.717) is 10.7 Å². The van der Waals surface area contributed by atoms with Crippen molar-refractivity contribution in [3.8, 4) is 0 Å². The molecule has 3 rings (SSSR count). The number of hydrogen-bond acceptors (Lipinski definition) is 4. The van der Waals surface area contributed by atoms with Crippen LogP contribution in [0.25, 0.3) is 0 Å². The van der Waals surface area contributed by atoms with Gasteiger partial charge >= 0.3 is 5.97 Å². The largest absolute Gasteiger partial charge is 0.465 e. The van der Waals surface area contributed by atoms with E-state index >= 15 is 0 Å². The van der Waals surface area contributed by atoms with E-state index < -0.39 is 0 Å². The van der Waals surface area contributed by atoms with Gasteiger partial charge in [0.05, 0.1) is 12.7 Å². The highest BCUT2D eigenvalue weighted by Crippen LogP contribution is 2.39. The minimum absolute atomic E-state index is 0.293. The summed E-state index contributed by atoms with van der Waals surface area (Å²) in [6.45, 7) is 2.19. The van der Waals surface area contributed by atoms with Gasteiger partial charge in [-0.25, -0.2) is 4.79 Å². The van der Waals surface area contributed by atoms with Crippen LogP contribution in [-0.4, -0.2) is 18.2 Å². The number of unbranched alkanes of at least 4 members (excludes halogenated alkanes) is 1. The molecule has 0 unspecified atom stereocenters. The Morgan fingerprint density at radius 3 is 2.85 bits per heavy atom. The number of nitrogens with one attached hydrogen (secondary N) is 2. The molecule has 1 aliphatic carbocycles. The molecule has 26 heavy (non-hydrogen) atoms. The van der Waals surface area contributed by atoms with E-state index in [1.807, 2.05) is 18.2 Å². The molecular formula is C20H24N2O2S2. The number of benzene rings is 1. The van der Waals surface area contributed by atoms with E-state index in [9.17, 15) is 4.79 Å². The lowest BCUT2D eigenvalue weighted by atomic mass is 10.1. The van der Waals surface area contributed by atoms with Crippen molar-refractivity contribution in [1.29, 1.82) is 0 Å². The molecule has 0 saturated carbocycles. The van der Waals surface area contributed by atoms with E-state index in [1.54, 1.807) is 11.3 Å². The highest BCUT2D eigenvalue weighted by Gasteiger charge is 2.27. The second-order valence-electron chi connectivity index (χ2n) is 6.39. The number of carbonyl (C=O) groups excluding carboxylic acids is 1. The molecule has 2 aromatic rings. The summed E-state index contributed by atoms with van der Waals surface area (Å²) >= 11 is 7.12. The van der Waals surface area contributed by atoms with Crippen molar-refractivity contribution < 1.29 is 9.53 Å². The van der Waals surface area contributed by atoms with E-state index in [1.165, 1.54) is 17.6 Å². The first-order chi connectivity index (χ1) is 12.6. The Bertz CT molecular complexity index is 814. The number of aryl methyl sites for hydroxylation is 2. The molecular weight excluding hydrogens is 364 g/mol. The molecule has 0 spiro atoms. The van der Waals surface area contributed by atoms with Gasteiger partial charge in [0.25, 0.3) is 0 Å². The summed E-state index contributed by atoms with van der Waals surface area (Å²) in [7, 11) is 1.42. The van der Waals surface area contributed by atoms with Crippen molar-refractivity contribution in [1.82, 2.24) is 0 Å². The molecule has 6 heteroatoms. The zero-order valence-corrected chi connectivity index (χ0v) is 16.8. The van der Waals surface area contributed by atoms with Crippen LogP contribution in [0.4, 0.5) is 10.7 Å². The number of anilines is 2. The van der Waals surface area contributed by atoms with Crippen LogP contribution >= 0.6 is 23.6 Å². The smallest absolute Gasteiger partial charge is 0.341 e. The fourth-order valence-corrected chi connectivity index (χ4v) is 4.85. The Morgan fingerprint density at radius 2 is 2.08 bits per heavy atom. The SMILES string of the molecule is CCCCc1ccccc1NC(=S)Nc1sc2c(c1C(=O)OC)CCC2. The van der Waals surface area contributed by atoms with Crippen LogP contribution in [0.3, 0.4) is 0 Å². The van der Waals surface area contributed by atoms with Gasteiger partial charge in [0.15, 0.2) is 5.11 Å². The number of thiophene rings is 1. The van der Waals surface area contributed by atoms with Gasteiger partial charge in [0.2, 0.25) is 0 Å². The van der Waals surface area contributed by atoms with Crippen LogP contribution in [0.1, 0.15) is 52.5 Å². The highest BCUT2D eigenvalue weighted by molar-refractivity contribution is 7.80. The second-order valence-corrected chi connectivity index (χ2v) is 7.91. The predicted molar refractivity (Wildman–Crippen MR) is 113 cm³/mol. The lowest BCUT2D eigenvalue weighted by Crippen LogP contribution is -2.21. The molecule has 138 valence electrons. The minimum atomic E-state index is -0.293. The van der Waals surface area contributed by atoms with Gasteiger partial charge in [0, 0.05) is 10.6 Å². The maximum Gasteiger partial charge on any atom is 0.341 e. The zero-order chi connectivity index (χ0) is 18.5. The van der Waals surface area contributed by atoms with Gasteiger partial charge in [0.1, 0.15) is 5.00 Å². The predicted octanol–water partition coefficient (Wildman–Crippen LogP) is 5.17. The van der Waals surface area contributed by atoms with Crippen molar-refractivity contribution in [2.45, 2.75) is 45.4 Å². The third-order valence-electron chi connectivity index (χ3n) is 4.60. The number of hydrogen-bond donors (Lipinski definition) is 2. The van der Waals surface area contributed by atoms with Gasteiger partial charge in [-0.05, 0) is 61.5 Å². The average molecular weight is 389 g/mol. The summed E-state index contributed by atoms with van der Waals surface area (Å²) in [6, 6.07) is 8.21. The van der Waals surface area contributed by atoms with Crippen LogP contribution < -0.4 is 10.6 Å². The summed E-state index contributed by atoms with van der Waals surface area (Å²) in [6.07, 6.45) is 6.36. The number of fused-ring (bicyclic) bond motifs is 1. The Balaban J connectivity index is 1.76. The third kappa shape index (κ3) is 4.07. The number of esters is 1. The maximum absolute atomic E-state index is 12.2. The van der Waals surface area contributed by atoms with Crippen LogP contribution in [0, 0.1) is 0 Å². The second kappa shape index (κ2) is 8.64. The molecule has 1 aromatic carbocycles. The first-order valence-electron chi connectivity index (χ1n) is 9.02. The number of carbonyl (C=O) groups is 1. The van der Waals surface area contributed by atoms with E-state index in [0.717, 1.165) is 54.8 Å². The van der Waals surface area contributed by atoms with Gasteiger partial charge < -0.3 is 15.4 Å². The molecule has 1 aliphatic rings. The van der Waals surface area contributed by atoms with Gasteiger partial charge in [-0.3, -0.25) is 0 Å². The molecule has 0 aliphatic heterocycles. The number of thiocarbonyl (C=S) groups is 1. The van der Waals surface area contributed by atoms with E-state index in [2.05, 4.69) is 23.6 Å². The molecule has 2 N–H and O–H groups in total. The van der Waals surface area contributed by atoms with E-state index in [4.69, 9.17) is 17.0 Å². The molecule has 0 fully saturated rings. The van der Waals surface area contributed by atoms with Gasteiger partial charge in [-0.1, -0.05) is 31.5 Å². The first-order valence-corrected chi connectivity index (χ1v) is 10.2. The van der Waals surface area contributed by atoms with Crippen molar-refractivity contribution in [3.63, 3.8) is 0 Å². The lowest BCUT2D eigenvalue weighted by molar-refractivity contribution is 0.0601. The molecule has 0 radical (unpaired) electrons. The monoisotopic (exact) mass is 388 g/mol. The minimum Gasteiger partial charge on any atom is -0.465 e. The summed E-state index contributed by atoms with van der Waals surface area (Å²) in [5.41, 5.74) is 4.03. The standard InChI is InChI=1S/C20H24N2O2S2/c1-3-4-8-13-9-5-6-11-15(13)21-20(25)22-18-17(19(23)24-2)14-10-7-12-16(14)26-18/h5-6,9,11H,3-4,7-8,10,12H2,1-2H3,(H2,21,22,25). The Labute approximate surface area is 164 Å². The quantitative estimate of drug-likeness (QED) is 0.528. The molecule has 0 bridgehead atoms. The Kier molecular flexibility index (Phi) is 6.27. The maximum atomic E-state index is 12.2. The summed E-state index contributed by atoms with van der Waals surface area (Å²) in [5, 5.41) is 7.80. The summed E-state index contributed by atoms with van der Waals surface area (Å²) < 4.78 is 4.99. The van der Waals surface area contributed by atoms with Gasteiger partial charge in [-0.15, -0.1) is 11.3 Å². The van der Waals surface area contributed by atoms with Crippen molar-refractivity contribution in [2.75, 3.05) is 17.7 Å². The molecule has 0 atom stereocenters. The zero-order valence-electron chi connectivity index (χ0n) is 15.2. The Hall–Kier alpha value is -1.92. The molecule has 4 nitrogen and oxygen atoms in total. The fourth-order valence-electron chi connectivity index (χ4n) is 3.29. The fraction of sp³-hybridized carbons (Fsp3) is 0.400. The summed E-state index contributed by atoms with van der Waals surface area (Å²) in [5.74, 6) is -0.293. The van der Waals surface area contributed by atoms with Gasteiger partial charge in [-0.2, -0.15) is 0 Å². The Morgan fingerprint density at radius 1 is 1.27 bits per heavy atom. The van der Waals surface area contributed by atoms with Crippen LogP contribution in [0.15, 0.2) is 24.3 Å². The molecule has 0 saturated heterocycles. The van der Waals surface area contributed by atoms with Crippen LogP contribution in [0.2, 0.25) is 0 Å². The third-order valence-corrected chi connectivity index (χ3v) is 6.01. The van der Waals surface area contributed by atoms with Crippen molar-refractivity contribution >= 4 is 45.3 Å². The topological polar surface area (TPSA) is 50.4 Å². The molecule has 0 amide bonds. The normalized spacial score (nSPS) is 12.5. The van der Waals surface area contributed by atoms with E-state index in [-0.39, 0.29) is 5.97 Å². The van der Waals surface area contributed by atoms with Crippen molar-refractivity contribution in [2.24, 2.45) is 0 Å². The first kappa shape index (κ1) is 18.9. The average Bonchev–Trinajstić information content (AvgIpc) is 3.21. The number of para-hydroxylation sites is 1. The number of ether oxygens (including phenoxy) is 1. The lowest BCUT2D eigenvalue weighted by Gasteiger charge is -2.14. The van der Waals surface area contributed by atoms with Crippen molar-refractivity contribution in [3.05, 3.63) is 45.8 Å². The molecule has 1 aromatic heterocycles. The highest BCUT2D eigenvalue weighted by atomic mass is 32.1. The van der Waals surface area contributed by atoms with Crippen LogP contribution in [-0.2, 0) is 24.0 Å².